The average Bonchev–Trinajstić information content (AvgIpc) is 2.23. The monoisotopic (exact) mass is 259 g/mol. The number of nitrogens with one attached hydrogen (secondary N) is 1. The van der Waals surface area contributed by atoms with E-state index in [-0.39, 0.29) is 11.5 Å². The first-order valence-electron chi connectivity index (χ1n) is 5.16. The lowest BCUT2D eigenvalue weighted by molar-refractivity contribution is 0.0438. The summed E-state index contributed by atoms with van der Waals surface area (Å²) in [5, 5.41) is 0. The Hall–Kier alpha value is -0.950. The topological polar surface area (TPSA) is 64.6 Å². The molecule has 1 aromatic carbocycles. The van der Waals surface area contributed by atoms with Crippen molar-refractivity contribution in [2.45, 2.75) is 18.7 Å². The molecule has 17 heavy (non-hydrogen) atoms. The third-order valence-corrected chi connectivity index (χ3v) is 3.26. The van der Waals surface area contributed by atoms with Gasteiger partial charge in [0, 0.05) is 7.11 Å². The van der Waals surface area contributed by atoms with Gasteiger partial charge in [0.2, 0.25) is 0 Å². The Morgan fingerprint density at radius 3 is 2.24 bits per heavy atom. The zero-order valence-electron chi connectivity index (χ0n) is 10.2. The second kappa shape index (κ2) is 6.11. The summed E-state index contributed by atoms with van der Waals surface area (Å²) >= 11 is 0. The van der Waals surface area contributed by atoms with Gasteiger partial charge in [-0.2, -0.15) is 0 Å². The van der Waals surface area contributed by atoms with Gasteiger partial charge in [-0.05, 0) is 37.1 Å². The number of methoxy groups -OCH3 is 1. The van der Waals surface area contributed by atoms with Crippen molar-refractivity contribution in [3.05, 3.63) is 29.3 Å². The van der Waals surface area contributed by atoms with Gasteiger partial charge < -0.3 is 4.74 Å². The molecule has 1 aromatic rings. The summed E-state index contributed by atoms with van der Waals surface area (Å²) in [5.74, 6) is 0. The molecule has 0 radical (unpaired) electrons. The molecule has 0 atom stereocenters. The summed E-state index contributed by atoms with van der Waals surface area (Å²) in [6, 6.07) is 5.09. The van der Waals surface area contributed by atoms with Crippen LogP contribution in [0.3, 0.4) is 0 Å². The van der Waals surface area contributed by atoms with Crippen LogP contribution < -0.4 is 4.89 Å². The number of hydrogen-bond acceptors (Lipinski definition) is 4. The lowest BCUT2D eigenvalue weighted by Gasteiger charge is -2.08. The van der Waals surface area contributed by atoms with Gasteiger partial charge in [0.1, 0.15) is 0 Å². The maximum absolute atomic E-state index is 11.8. The van der Waals surface area contributed by atoms with Gasteiger partial charge in [0.15, 0.2) is 0 Å². The van der Waals surface area contributed by atoms with Crippen LogP contribution in [0.5, 0.6) is 0 Å². The molecule has 1 N–H and O–H groups in total. The average molecular weight is 259 g/mol. The molecule has 0 fully saturated rings. The maximum atomic E-state index is 11.8. The van der Waals surface area contributed by atoms with Crippen molar-refractivity contribution in [1.29, 1.82) is 0 Å². The lowest BCUT2D eigenvalue weighted by atomic mass is 10.2. The zero-order valence-corrected chi connectivity index (χ0v) is 11.0. The fourth-order valence-electron chi connectivity index (χ4n) is 1.38. The van der Waals surface area contributed by atoms with Crippen LogP contribution in [-0.4, -0.2) is 28.7 Å². The molecular weight excluding hydrogens is 242 g/mol. The van der Waals surface area contributed by atoms with Gasteiger partial charge in [-0.3, -0.25) is 4.84 Å². The molecule has 96 valence electrons. The predicted octanol–water partition coefficient (Wildman–Crippen LogP) is 1.16. The van der Waals surface area contributed by atoms with Crippen molar-refractivity contribution < 1.29 is 18.0 Å². The summed E-state index contributed by atoms with van der Waals surface area (Å²) in [7, 11) is -2.10. The molecule has 0 saturated heterocycles. The summed E-state index contributed by atoms with van der Waals surface area (Å²) in [4.78, 5) is 7.07. The Morgan fingerprint density at radius 1 is 1.12 bits per heavy atom. The van der Waals surface area contributed by atoms with E-state index in [0.717, 1.165) is 11.1 Å². The molecule has 6 heteroatoms. The van der Waals surface area contributed by atoms with Crippen molar-refractivity contribution in [3.63, 3.8) is 0 Å². The van der Waals surface area contributed by atoms with Crippen LogP contribution in [0.4, 0.5) is 0 Å². The van der Waals surface area contributed by atoms with Crippen LogP contribution in [0.25, 0.3) is 0 Å². The first kappa shape index (κ1) is 14.1. The Labute approximate surface area is 102 Å². The number of aryl methyl sites for hydroxylation is 2. The molecule has 0 amide bonds. The van der Waals surface area contributed by atoms with Crippen LogP contribution in [0.2, 0.25) is 0 Å². The highest BCUT2D eigenvalue weighted by molar-refractivity contribution is 7.89. The maximum Gasteiger partial charge on any atom is 0.262 e. The number of hydrogen-bond donors (Lipinski definition) is 1. The van der Waals surface area contributed by atoms with Gasteiger partial charge >= 0.3 is 0 Å². The summed E-state index contributed by atoms with van der Waals surface area (Å²) in [6.45, 7) is 4.19. The SMILES string of the molecule is COCCONS(=O)(=O)c1cc(C)cc(C)c1. The van der Waals surface area contributed by atoms with Crippen LogP contribution >= 0.6 is 0 Å². The molecule has 0 heterocycles. The van der Waals surface area contributed by atoms with Crippen LogP contribution in [0, 0.1) is 13.8 Å². The Morgan fingerprint density at radius 2 is 1.71 bits per heavy atom. The smallest absolute Gasteiger partial charge is 0.262 e. The van der Waals surface area contributed by atoms with E-state index in [9.17, 15) is 8.42 Å². The van der Waals surface area contributed by atoms with Crippen LogP contribution in [-0.2, 0) is 19.6 Å². The van der Waals surface area contributed by atoms with E-state index in [4.69, 9.17) is 9.57 Å². The van der Waals surface area contributed by atoms with E-state index in [1.165, 1.54) is 7.11 Å². The van der Waals surface area contributed by atoms with Gasteiger partial charge in [0.25, 0.3) is 10.0 Å². The zero-order chi connectivity index (χ0) is 12.9. The molecular formula is C11H17NO4S. The highest BCUT2D eigenvalue weighted by atomic mass is 32.2. The third kappa shape index (κ3) is 4.43. The largest absolute Gasteiger partial charge is 0.382 e. The summed E-state index contributed by atoms with van der Waals surface area (Å²) in [6.07, 6.45) is 0. The standard InChI is InChI=1S/C11H17NO4S/c1-9-6-10(2)8-11(7-9)17(13,14)12-16-5-4-15-3/h6-8,12H,4-5H2,1-3H3. The molecule has 1 rings (SSSR count). The second-order valence-electron chi connectivity index (χ2n) is 3.75. The molecule has 0 aliphatic rings. The van der Waals surface area contributed by atoms with E-state index in [1.807, 2.05) is 19.9 Å². The molecule has 0 spiro atoms. The number of benzene rings is 1. The fraction of sp³-hybridized carbons (Fsp3) is 0.455. The van der Waals surface area contributed by atoms with Gasteiger partial charge in [-0.25, -0.2) is 8.42 Å². The van der Waals surface area contributed by atoms with Crippen molar-refractivity contribution in [2.75, 3.05) is 20.3 Å². The number of ether oxygens (including phenoxy) is 1. The quantitative estimate of drug-likeness (QED) is 0.615. The van der Waals surface area contributed by atoms with Crippen molar-refractivity contribution in [3.8, 4) is 0 Å². The van der Waals surface area contributed by atoms with E-state index in [1.54, 1.807) is 12.1 Å². The Balaban J connectivity index is 2.75. The van der Waals surface area contributed by atoms with E-state index in [2.05, 4.69) is 4.89 Å². The van der Waals surface area contributed by atoms with E-state index < -0.39 is 10.0 Å². The van der Waals surface area contributed by atoms with Crippen molar-refractivity contribution in [1.82, 2.24) is 4.89 Å². The van der Waals surface area contributed by atoms with Crippen LogP contribution in [0.15, 0.2) is 23.1 Å². The minimum Gasteiger partial charge on any atom is -0.382 e. The number of sulfonamides is 1. The predicted molar refractivity (Wildman–Crippen MR) is 64.1 cm³/mol. The minimum absolute atomic E-state index is 0.167. The molecule has 0 unspecified atom stereocenters. The third-order valence-electron chi connectivity index (χ3n) is 2.06. The van der Waals surface area contributed by atoms with Crippen molar-refractivity contribution in [2.24, 2.45) is 0 Å². The number of rotatable bonds is 6. The minimum atomic E-state index is -3.61. The first-order valence-corrected chi connectivity index (χ1v) is 6.65. The van der Waals surface area contributed by atoms with Gasteiger partial charge in [0.05, 0.1) is 18.1 Å². The molecule has 0 aliphatic carbocycles. The van der Waals surface area contributed by atoms with E-state index in [0.29, 0.717) is 6.61 Å². The van der Waals surface area contributed by atoms with Gasteiger partial charge in [-0.15, -0.1) is 0 Å². The second-order valence-corrected chi connectivity index (χ2v) is 5.40. The molecule has 0 aromatic heterocycles. The normalized spacial score (nSPS) is 11.7. The summed E-state index contributed by atoms with van der Waals surface area (Å²) < 4.78 is 28.4. The van der Waals surface area contributed by atoms with E-state index >= 15 is 0 Å². The Kier molecular flexibility index (Phi) is 5.07. The molecule has 5 nitrogen and oxygen atoms in total. The lowest BCUT2D eigenvalue weighted by Crippen LogP contribution is -2.25. The molecule has 0 bridgehead atoms. The van der Waals surface area contributed by atoms with Crippen molar-refractivity contribution >= 4 is 10.0 Å². The fourth-order valence-corrected chi connectivity index (χ4v) is 2.40. The molecule has 0 aliphatic heterocycles. The Bertz CT molecular complexity index is 450. The summed E-state index contributed by atoms with van der Waals surface area (Å²) in [5.41, 5.74) is 1.78. The first-order chi connectivity index (χ1) is 7.95. The molecule has 0 saturated carbocycles. The highest BCUT2D eigenvalue weighted by Gasteiger charge is 2.14. The highest BCUT2D eigenvalue weighted by Crippen LogP contribution is 2.13. The van der Waals surface area contributed by atoms with Crippen LogP contribution in [0.1, 0.15) is 11.1 Å². The van der Waals surface area contributed by atoms with Gasteiger partial charge in [-0.1, -0.05) is 11.0 Å².